The fourth-order valence-electron chi connectivity index (χ4n) is 3.28. The Kier molecular flexibility index (Phi) is 5.07. The largest absolute Gasteiger partial charge is 0.299 e. The van der Waals surface area contributed by atoms with E-state index in [1.807, 2.05) is 0 Å². The van der Waals surface area contributed by atoms with Crippen molar-refractivity contribution >= 4 is 5.57 Å². The van der Waals surface area contributed by atoms with Crippen LogP contribution in [-0.2, 0) is 0 Å². The van der Waals surface area contributed by atoms with E-state index in [1.54, 1.807) is 5.57 Å². The van der Waals surface area contributed by atoms with E-state index in [2.05, 4.69) is 72.5 Å². The molecule has 1 fully saturated rings. The average molecular weight is 291 g/mol. The number of likely N-dealkylation sites (tertiary alicyclic amines) is 1. The van der Waals surface area contributed by atoms with Crippen LogP contribution < -0.4 is 0 Å². The molecular formula is C21H25N. The molecule has 0 N–H and O–H groups in total. The van der Waals surface area contributed by atoms with Crippen LogP contribution in [0.25, 0.3) is 5.57 Å². The minimum absolute atomic E-state index is 1.12. The summed E-state index contributed by atoms with van der Waals surface area (Å²) < 4.78 is 0. The van der Waals surface area contributed by atoms with Crippen LogP contribution in [0.5, 0.6) is 0 Å². The Hall–Kier alpha value is -1.86. The Labute approximate surface area is 134 Å². The highest BCUT2D eigenvalue weighted by molar-refractivity contribution is 5.82. The van der Waals surface area contributed by atoms with Crippen molar-refractivity contribution in [3.05, 3.63) is 77.4 Å². The third kappa shape index (κ3) is 3.48. The van der Waals surface area contributed by atoms with Crippen molar-refractivity contribution < 1.29 is 0 Å². The van der Waals surface area contributed by atoms with Crippen molar-refractivity contribution in [2.75, 3.05) is 19.6 Å². The van der Waals surface area contributed by atoms with Gasteiger partial charge in [-0.1, -0.05) is 74.0 Å². The smallest absolute Gasteiger partial charge is 0.0202 e. The van der Waals surface area contributed by atoms with Crippen LogP contribution in [0.3, 0.4) is 0 Å². The predicted octanol–water partition coefficient (Wildman–Crippen LogP) is 4.99. The Morgan fingerprint density at radius 1 is 0.909 bits per heavy atom. The zero-order valence-corrected chi connectivity index (χ0v) is 13.5. The molecule has 1 heteroatoms. The highest BCUT2D eigenvalue weighted by Crippen LogP contribution is 2.31. The standard InChI is InChI=1S/C21H25N/c1-2-3-15-22-16-14-20(17-22)21(18-10-6-4-7-11-18)19-12-8-5-9-13-19/h4-13H,2-3,14-17H2,1H3. The zero-order valence-electron chi connectivity index (χ0n) is 13.5. The molecule has 0 radical (unpaired) electrons. The molecule has 1 aliphatic heterocycles. The van der Waals surface area contributed by atoms with Gasteiger partial charge in [-0.3, -0.25) is 4.90 Å². The quantitative estimate of drug-likeness (QED) is 0.749. The van der Waals surface area contributed by atoms with Gasteiger partial charge in [0.2, 0.25) is 0 Å². The Bertz CT molecular complexity index is 571. The fourth-order valence-corrected chi connectivity index (χ4v) is 3.28. The van der Waals surface area contributed by atoms with Gasteiger partial charge >= 0.3 is 0 Å². The van der Waals surface area contributed by atoms with E-state index in [-0.39, 0.29) is 0 Å². The van der Waals surface area contributed by atoms with Crippen LogP contribution in [0.2, 0.25) is 0 Å². The molecular weight excluding hydrogens is 266 g/mol. The second kappa shape index (κ2) is 7.42. The van der Waals surface area contributed by atoms with Crippen LogP contribution in [-0.4, -0.2) is 24.5 Å². The van der Waals surface area contributed by atoms with Gasteiger partial charge in [0.25, 0.3) is 0 Å². The molecule has 1 saturated heterocycles. The molecule has 0 unspecified atom stereocenters. The Balaban J connectivity index is 1.95. The molecule has 2 aromatic rings. The van der Waals surface area contributed by atoms with Crippen LogP contribution in [0.15, 0.2) is 66.2 Å². The Morgan fingerprint density at radius 2 is 1.50 bits per heavy atom. The van der Waals surface area contributed by atoms with Crippen molar-refractivity contribution in [1.82, 2.24) is 4.90 Å². The molecule has 1 heterocycles. The third-order valence-corrected chi connectivity index (χ3v) is 4.45. The summed E-state index contributed by atoms with van der Waals surface area (Å²) in [6.07, 6.45) is 3.78. The van der Waals surface area contributed by atoms with Gasteiger partial charge in [0.05, 0.1) is 0 Å². The van der Waals surface area contributed by atoms with Crippen molar-refractivity contribution in [2.24, 2.45) is 0 Å². The molecule has 0 amide bonds. The molecule has 0 saturated carbocycles. The molecule has 3 rings (SSSR count). The predicted molar refractivity (Wildman–Crippen MR) is 94.9 cm³/mol. The van der Waals surface area contributed by atoms with Gasteiger partial charge in [-0.15, -0.1) is 0 Å². The van der Waals surface area contributed by atoms with E-state index >= 15 is 0 Å². The topological polar surface area (TPSA) is 3.24 Å². The summed E-state index contributed by atoms with van der Waals surface area (Å²) >= 11 is 0. The number of unbranched alkanes of at least 4 members (excludes halogenated alkanes) is 1. The zero-order chi connectivity index (χ0) is 15.2. The highest BCUT2D eigenvalue weighted by atomic mass is 15.1. The highest BCUT2D eigenvalue weighted by Gasteiger charge is 2.20. The second-order valence-electron chi connectivity index (χ2n) is 6.09. The van der Waals surface area contributed by atoms with Crippen molar-refractivity contribution in [2.45, 2.75) is 26.2 Å². The lowest BCUT2D eigenvalue weighted by atomic mass is 9.92. The molecule has 1 aliphatic rings. The first-order valence-electron chi connectivity index (χ1n) is 8.43. The van der Waals surface area contributed by atoms with Crippen LogP contribution >= 0.6 is 0 Å². The molecule has 1 nitrogen and oxygen atoms in total. The maximum Gasteiger partial charge on any atom is 0.0202 e. The molecule has 2 aromatic carbocycles. The van der Waals surface area contributed by atoms with Gasteiger partial charge in [0.1, 0.15) is 0 Å². The minimum Gasteiger partial charge on any atom is -0.299 e. The molecule has 114 valence electrons. The summed E-state index contributed by atoms with van der Waals surface area (Å²) in [6, 6.07) is 21.7. The lowest BCUT2D eigenvalue weighted by molar-refractivity contribution is 0.338. The van der Waals surface area contributed by atoms with E-state index in [0.29, 0.717) is 0 Å². The SMILES string of the molecule is CCCCN1CCC(=C(c2ccccc2)c2ccccc2)C1. The average Bonchev–Trinajstić information content (AvgIpc) is 3.04. The molecule has 22 heavy (non-hydrogen) atoms. The first-order valence-corrected chi connectivity index (χ1v) is 8.43. The fraction of sp³-hybridized carbons (Fsp3) is 0.333. The van der Waals surface area contributed by atoms with Gasteiger partial charge < -0.3 is 0 Å². The van der Waals surface area contributed by atoms with E-state index in [4.69, 9.17) is 0 Å². The van der Waals surface area contributed by atoms with Crippen molar-refractivity contribution in [3.63, 3.8) is 0 Å². The molecule has 0 aromatic heterocycles. The minimum atomic E-state index is 1.12. The van der Waals surface area contributed by atoms with Crippen molar-refractivity contribution in [3.8, 4) is 0 Å². The van der Waals surface area contributed by atoms with Crippen LogP contribution in [0.4, 0.5) is 0 Å². The normalized spacial score (nSPS) is 15.2. The lowest BCUT2D eigenvalue weighted by Crippen LogP contribution is -2.20. The number of rotatable bonds is 5. The molecule has 0 bridgehead atoms. The monoisotopic (exact) mass is 291 g/mol. The first-order chi connectivity index (χ1) is 10.9. The summed E-state index contributed by atoms with van der Waals surface area (Å²) in [4.78, 5) is 2.60. The summed E-state index contributed by atoms with van der Waals surface area (Å²) in [5.74, 6) is 0. The van der Waals surface area contributed by atoms with Gasteiger partial charge in [0, 0.05) is 13.1 Å². The third-order valence-electron chi connectivity index (χ3n) is 4.45. The maximum atomic E-state index is 2.60. The summed E-state index contributed by atoms with van der Waals surface area (Å²) in [6.45, 7) is 5.83. The number of hydrogen-bond donors (Lipinski definition) is 0. The number of hydrogen-bond acceptors (Lipinski definition) is 1. The van der Waals surface area contributed by atoms with Gasteiger partial charge in [-0.05, 0) is 41.7 Å². The maximum absolute atomic E-state index is 2.60. The van der Waals surface area contributed by atoms with Gasteiger partial charge in [-0.2, -0.15) is 0 Å². The summed E-state index contributed by atoms with van der Waals surface area (Å²) in [5.41, 5.74) is 5.73. The van der Waals surface area contributed by atoms with Gasteiger partial charge in [-0.25, -0.2) is 0 Å². The van der Waals surface area contributed by atoms with Crippen LogP contribution in [0.1, 0.15) is 37.3 Å². The first kappa shape index (κ1) is 15.1. The Morgan fingerprint density at radius 3 is 2.05 bits per heavy atom. The van der Waals surface area contributed by atoms with E-state index in [9.17, 15) is 0 Å². The van der Waals surface area contributed by atoms with Crippen molar-refractivity contribution in [1.29, 1.82) is 0 Å². The van der Waals surface area contributed by atoms with E-state index in [0.717, 1.165) is 6.54 Å². The molecule has 0 spiro atoms. The van der Waals surface area contributed by atoms with Gasteiger partial charge in [0.15, 0.2) is 0 Å². The summed E-state index contributed by atoms with van der Waals surface area (Å²) in [5, 5.41) is 0. The number of nitrogens with zero attached hydrogens (tertiary/aromatic N) is 1. The summed E-state index contributed by atoms with van der Waals surface area (Å²) in [7, 11) is 0. The van der Waals surface area contributed by atoms with E-state index in [1.165, 1.54) is 49.1 Å². The lowest BCUT2D eigenvalue weighted by Gasteiger charge is -2.15. The van der Waals surface area contributed by atoms with Crippen LogP contribution in [0, 0.1) is 0 Å². The second-order valence-corrected chi connectivity index (χ2v) is 6.09. The van der Waals surface area contributed by atoms with E-state index < -0.39 is 0 Å². The molecule has 0 atom stereocenters. The molecule has 0 aliphatic carbocycles. The number of benzene rings is 2.